The van der Waals surface area contributed by atoms with Gasteiger partial charge in [-0.15, -0.1) is 0 Å². The molecule has 0 fully saturated rings. The van der Waals surface area contributed by atoms with Crippen molar-refractivity contribution in [2.45, 2.75) is 11.9 Å². The van der Waals surface area contributed by atoms with Crippen molar-refractivity contribution in [3.05, 3.63) is 83.9 Å². The monoisotopic (exact) mass is 525 g/mol. The number of aromatic nitrogens is 1. The van der Waals surface area contributed by atoms with E-state index in [9.17, 15) is 10.1 Å². The first-order valence-corrected chi connectivity index (χ1v) is 12.8. The summed E-state index contributed by atoms with van der Waals surface area (Å²) in [7, 11) is 4.70. The molecule has 8 heteroatoms. The van der Waals surface area contributed by atoms with Crippen molar-refractivity contribution < 1.29 is 19.0 Å². The van der Waals surface area contributed by atoms with E-state index < -0.39 is 0 Å². The van der Waals surface area contributed by atoms with E-state index in [0.717, 1.165) is 28.0 Å². The zero-order chi connectivity index (χ0) is 27.1. The van der Waals surface area contributed by atoms with Crippen LogP contribution in [-0.2, 0) is 4.79 Å². The molecular formula is C30H27N3O4S. The smallest absolute Gasteiger partial charge is 0.234 e. The Bertz CT molecular complexity index is 1480. The lowest BCUT2D eigenvalue weighted by Gasteiger charge is -2.14. The minimum absolute atomic E-state index is 0.0431. The maximum absolute atomic E-state index is 12.9. The number of carbonyl (C=O) groups is 1. The molecule has 0 aliphatic carbocycles. The second kappa shape index (κ2) is 12.2. The molecular weight excluding hydrogens is 498 g/mol. The van der Waals surface area contributed by atoms with Gasteiger partial charge in [0.2, 0.25) is 5.91 Å². The second-order valence-electron chi connectivity index (χ2n) is 8.34. The van der Waals surface area contributed by atoms with Gasteiger partial charge in [0.25, 0.3) is 0 Å². The zero-order valence-electron chi connectivity index (χ0n) is 21.6. The Balaban J connectivity index is 1.68. The summed E-state index contributed by atoms with van der Waals surface area (Å²) in [4.78, 5) is 17.7. The summed E-state index contributed by atoms with van der Waals surface area (Å²) in [5, 5.41) is 13.5. The molecule has 3 aromatic carbocycles. The van der Waals surface area contributed by atoms with Crippen molar-refractivity contribution in [2.24, 2.45) is 0 Å². The first kappa shape index (κ1) is 26.6. The fourth-order valence-corrected chi connectivity index (χ4v) is 4.64. The van der Waals surface area contributed by atoms with Crippen LogP contribution in [0.3, 0.4) is 0 Å². The van der Waals surface area contributed by atoms with E-state index in [1.54, 1.807) is 32.4 Å². The van der Waals surface area contributed by atoms with Gasteiger partial charge in [-0.3, -0.25) is 4.79 Å². The van der Waals surface area contributed by atoms with Gasteiger partial charge in [0.05, 0.1) is 44.0 Å². The lowest BCUT2D eigenvalue weighted by atomic mass is 9.99. The molecule has 1 N–H and O–H groups in total. The van der Waals surface area contributed by atoms with Gasteiger partial charge in [0.1, 0.15) is 28.3 Å². The zero-order valence-corrected chi connectivity index (χ0v) is 22.4. The third kappa shape index (κ3) is 6.07. The standard InChI is InChI=1S/C30H27N3O4S/c1-19-5-7-21(8-6-19)26-16-24(20-9-11-22(35-2)12-10-20)25(17-31)30(33-26)38-18-29(34)32-27-15-23(36-3)13-14-28(27)37-4/h5-16H,18H2,1-4H3,(H,32,34). The van der Waals surface area contributed by atoms with Crippen molar-refractivity contribution in [1.82, 2.24) is 4.98 Å². The van der Waals surface area contributed by atoms with Gasteiger partial charge >= 0.3 is 0 Å². The Morgan fingerprint density at radius 2 is 1.55 bits per heavy atom. The van der Waals surface area contributed by atoms with Crippen LogP contribution in [0.15, 0.2) is 77.8 Å². The highest BCUT2D eigenvalue weighted by molar-refractivity contribution is 8.00. The summed E-state index contributed by atoms with van der Waals surface area (Å²) in [6.45, 7) is 2.02. The highest BCUT2D eigenvalue weighted by atomic mass is 32.2. The summed E-state index contributed by atoms with van der Waals surface area (Å²) in [6, 6.07) is 24.9. The number of thioether (sulfide) groups is 1. The Morgan fingerprint density at radius 3 is 2.18 bits per heavy atom. The number of aryl methyl sites for hydroxylation is 1. The lowest BCUT2D eigenvalue weighted by molar-refractivity contribution is -0.113. The van der Waals surface area contributed by atoms with E-state index in [0.29, 0.717) is 33.5 Å². The number of carbonyl (C=O) groups excluding carboxylic acids is 1. The number of hydrogen-bond acceptors (Lipinski definition) is 7. The molecule has 0 saturated heterocycles. The Hall–Kier alpha value is -4.48. The van der Waals surface area contributed by atoms with Crippen LogP contribution >= 0.6 is 11.8 Å². The number of benzene rings is 3. The molecule has 1 heterocycles. The number of nitrogens with zero attached hydrogens (tertiary/aromatic N) is 2. The highest BCUT2D eigenvalue weighted by Crippen LogP contribution is 2.35. The molecule has 4 aromatic rings. The third-order valence-electron chi connectivity index (χ3n) is 5.87. The van der Waals surface area contributed by atoms with Crippen LogP contribution < -0.4 is 19.5 Å². The van der Waals surface area contributed by atoms with Gasteiger partial charge in [0, 0.05) is 17.2 Å². The minimum atomic E-state index is -0.265. The number of pyridine rings is 1. The van der Waals surface area contributed by atoms with Gasteiger partial charge in [-0.05, 0) is 42.8 Å². The fraction of sp³-hybridized carbons (Fsp3) is 0.167. The van der Waals surface area contributed by atoms with E-state index in [4.69, 9.17) is 19.2 Å². The topological polar surface area (TPSA) is 93.5 Å². The van der Waals surface area contributed by atoms with Crippen molar-refractivity contribution in [3.8, 4) is 45.7 Å². The molecule has 0 aliphatic heterocycles. The molecule has 4 rings (SSSR count). The number of nitriles is 1. The molecule has 38 heavy (non-hydrogen) atoms. The number of rotatable bonds is 9. The SMILES string of the molecule is COc1ccc(-c2cc(-c3ccc(C)cc3)nc(SCC(=O)Nc3cc(OC)ccc3OC)c2C#N)cc1. The van der Waals surface area contributed by atoms with Crippen LogP contribution in [-0.4, -0.2) is 38.0 Å². The van der Waals surface area contributed by atoms with Gasteiger partial charge in [-0.25, -0.2) is 4.98 Å². The molecule has 0 saturated carbocycles. The predicted octanol–water partition coefficient (Wildman–Crippen LogP) is 6.35. The molecule has 0 radical (unpaired) electrons. The summed E-state index contributed by atoms with van der Waals surface area (Å²) >= 11 is 1.21. The summed E-state index contributed by atoms with van der Waals surface area (Å²) in [5.74, 6) is 1.61. The lowest BCUT2D eigenvalue weighted by Crippen LogP contribution is -2.15. The molecule has 0 aliphatic rings. The number of ether oxygens (including phenoxy) is 3. The summed E-state index contributed by atoms with van der Waals surface area (Å²) < 4.78 is 15.9. The number of anilines is 1. The average molecular weight is 526 g/mol. The molecule has 7 nitrogen and oxygen atoms in total. The number of hydrogen-bond donors (Lipinski definition) is 1. The van der Waals surface area contributed by atoms with Crippen LogP contribution in [0.4, 0.5) is 5.69 Å². The van der Waals surface area contributed by atoms with E-state index in [-0.39, 0.29) is 11.7 Å². The molecule has 1 aromatic heterocycles. The first-order chi connectivity index (χ1) is 18.4. The van der Waals surface area contributed by atoms with Gasteiger partial charge < -0.3 is 19.5 Å². The van der Waals surface area contributed by atoms with Crippen LogP contribution in [0.25, 0.3) is 22.4 Å². The van der Waals surface area contributed by atoms with Crippen LogP contribution in [0.5, 0.6) is 17.2 Å². The molecule has 0 atom stereocenters. The van der Waals surface area contributed by atoms with Gasteiger partial charge in [-0.1, -0.05) is 53.7 Å². The van der Waals surface area contributed by atoms with Crippen LogP contribution in [0.1, 0.15) is 11.1 Å². The second-order valence-corrected chi connectivity index (χ2v) is 9.31. The Morgan fingerprint density at radius 1 is 0.895 bits per heavy atom. The summed E-state index contributed by atoms with van der Waals surface area (Å²) in [5.41, 5.74) is 5.26. The van der Waals surface area contributed by atoms with Gasteiger partial charge in [-0.2, -0.15) is 5.26 Å². The van der Waals surface area contributed by atoms with Crippen LogP contribution in [0.2, 0.25) is 0 Å². The number of amides is 1. The quantitative estimate of drug-likeness (QED) is 0.254. The number of nitrogens with one attached hydrogen (secondary N) is 1. The number of methoxy groups -OCH3 is 3. The van der Waals surface area contributed by atoms with E-state index in [1.165, 1.54) is 18.9 Å². The van der Waals surface area contributed by atoms with Crippen molar-refractivity contribution in [3.63, 3.8) is 0 Å². The maximum atomic E-state index is 12.9. The molecule has 192 valence electrons. The molecule has 0 spiro atoms. The van der Waals surface area contributed by atoms with Crippen LogP contribution in [0, 0.1) is 18.3 Å². The minimum Gasteiger partial charge on any atom is -0.497 e. The fourth-order valence-electron chi connectivity index (χ4n) is 3.84. The highest BCUT2D eigenvalue weighted by Gasteiger charge is 2.18. The van der Waals surface area contributed by atoms with Crippen molar-refractivity contribution >= 4 is 23.4 Å². The first-order valence-electron chi connectivity index (χ1n) is 11.8. The maximum Gasteiger partial charge on any atom is 0.234 e. The third-order valence-corrected chi connectivity index (χ3v) is 6.84. The van der Waals surface area contributed by atoms with E-state index in [1.807, 2.05) is 61.5 Å². The predicted molar refractivity (Wildman–Crippen MR) is 150 cm³/mol. The Labute approximate surface area is 226 Å². The molecule has 1 amide bonds. The van der Waals surface area contributed by atoms with Crippen molar-refractivity contribution in [1.29, 1.82) is 5.26 Å². The van der Waals surface area contributed by atoms with E-state index in [2.05, 4.69) is 11.4 Å². The summed E-state index contributed by atoms with van der Waals surface area (Å²) in [6.07, 6.45) is 0. The Kier molecular flexibility index (Phi) is 8.51. The van der Waals surface area contributed by atoms with Crippen molar-refractivity contribution in [2.75, 3.05) is 32.4 Å². The molecule has 0 unspecified atom stereocenters. The normalized spacial score (nSPS) is 10.4. The average Bonchev–Trinajstić information content (AvgIpc) is 2.96. The largest absolute Gasteiger partial charge is 0.497 e. The molecule has 0 bridgehead atoms. The van der Waals surface area contributed by atoms with E-state index >= 15 is 0 Å². The van der Waals surface area contributed by atoms with Gasteiger partial charge in [0.15, 0.2) is 0 Å².